The Morgan fingerprint density at radius 3 is 2.46 bits per heavy atom. The van der Waals surface area contributed by atoms with E-state index in [0.717, 1.165) is 32.2 Å². The van der Waals surface area contributed by atoms with Gasteiger partial charge in [0.05, 0.1) is 29.2 Å². The maximum atomic E-state index is 13.4. The molecule has 0 aliphatic rings. The van der Waals surface area contributed by atoms with Crippen LogP contribution in [0.1, 0.15) is 64.4 Å². The first kappa shape index (κ1) is 29.1. The topological polar surface area (TPSA) is 104 Å². The number of benzene rings is 2. The first-order valence-electron chi connectivity index (χ1n) is 12.5. The van der Waals surface area contributed by atoms with E-state index < -0.39 is 13.2 Å². The summed E-state index contributed by atoms with van der Waals surface area (Å²) in [5.41, 5.74) is 3.17. The molecular weight excluding hydrogens is 535 g/mol. The molecule has 4 aromatic rings. The number of fused-ring (bicyclic) bond motifs is 2. The molecule has 0 fully saturated rings. The lowest BCUT2D eigenvalue weighted by Crippen LogP contribution is -2.17. The maximum absolute atomic E-state index is 13.4. The van der Waals surface area contributed by atoms with Crippen molar-refractivity contribution >= 4 is 57.4 Å². The zero-order chi connectivity index (χ0) is 28.5. The number of thiophene rings is 1. The Hall–Kier alpha value is -2.94. The van der Waals surface area contributed by atoms with Crippen LogP contribution in [0.25, 0.3) is 21.0 Å². The van der Waals surface area contributed by atoms with Gasteiger partial charge in [0.2, 0.25) is 0 Å². The van der Waals surface area contributed by atoms with Crippen molar-refractivity contribution in [3.63, 3.8) is 0 Å². The van der Waals surface area contributed by atoms with Crippen LogP contribution in [0.5, 0.6) is 0 Å². The Morgan fingerprint density at radius 2 is 1.79 bits per heavy atom. The van der Waals surface area contributed by atoms with Gasteiger partial charge < -0.3 is 19.1 Å². The van der Waals surface area contributed by atoms with Gasteiger partial charge in [0.25, 0.3) is 5.91 Å². The van der Waals surface area contributed by atoms with E-state index in [4.69, 9.17) is 13.8 Å². The summed E-state index contributed by atoms with van der Waals surface area (Å²) >= 11 is 1.29. The van der Waals surface area contributed by atoms with Gasteiger partial charge in [0.15, 0.2) is 5.78 Å². The first-order chi connectivity index (χ1) is 18.3. The minimum absolute atomic E-state index is 0.0578. The molecule has 0 spiro atoms. The van der Waals surface area contributed by atoms with E-state index in [2.05, 4.69) is 10.3 Å². The molecule has 2 aromatic carbocycles. The van der Waals surface area contributed by atoms with E-state index in [1.165, 1.54) is 24.9 Å². The highest BCUT2D eigenvalue weighted by Gasteiger charge is 2.26. The van der Waals surface area contributed by atoms with E-state index in [1.54, 1.807) is 19.2 Å². The fraction of sp³-hybridized carbons (Fsp3) is 0.345. The van der Waals surface area contributed by atoms with Crippen LogP contribution in [0.15, 0.2) is 42.5 Å². The minimum atomic E-state index is -3.26. The third-order valence-electron chi connectivity index (χ3n) is 6.01. The van der Waals surface area contributed by atoms with Gasteiger partial charge in [0, 0.05) is 34.8 Å². The van der Waals surface area contributed by atoms with Gasteiger partial charge in [-0.05, 0) is 75.6 Å². The van der Waals surface area contributed by atoms with Crippen molar-refractivity contribution in [1.82, 2.24) is 4.98 Å². The second-order valence-corrected chi connectivity index (χ2v) is 13.4. The monoisotopic (exact) mass is 568 g/mol. The van der Waals surface area contributed by atoms with Crippen LogP contribution in [0, 0.1) is 6.92 Å². The van der Waals surface area contributed by atoms with Gasteiger partial charge in [0.1, 0.15) is 5.82 Å². The van der Waals surface area contributed by atoms with Crippen LogP contribution >= 0.6 is 18.9 Å². The molecule has 10 heteroatoms. The standard InChI is InChI=1S/C29H33N2O6PS/c1-17-25-20(15-35-6)11-12-21(18(2)32)27(25)39-26(17)28(33)31-24-14-13-22-19(9-8-10-23(22)30-24)16-36-38(7,34)37-29(3,4)5/h8-14H,15-16H2,1-7H3,(H,30,31,33). The van der Waals surface area contributed by atoms with Crippen LogP contribution in [-0.4, -0.2) is 36.1 Å². The molecule has 4 rings (SSSR count). The van der Waals surface area contributed by atoms with E-state index >= 15 is 0 Å². The number of hydrogen-bond acceptors (Lipinski definition) is 8. The summed E-state index contributed by atoms with van der Waals surface area (Å²) in [5.74, 6) is 0.0327. The fourth-order valence-corrected chi connectivity index (χ4v) is 7.23. The molecule has 2 aromatic heterocycles. The van der Waals surface area contributed by atoms with E-state index in [0.29, 0.717) is 28.4 Å². The number of aromatic nitrogens is 1. The van der Waals surface area contributed by atoms with Crippen molar-refractivity contribution in [1.29, 1.82) is 0 Å². The molecule has 0 aliphatic heterocycles. The number of carbonyl (C=O) groups is 2. The molecule has 0 bridgehead atoms. The Morgan fingerprint density at radius 1 is 1.05 bits per heavy atom. The zero-order valence-electron chi connectivity index (χ0n) is 23.2. The van der Waals surface area contributed by atoms with Crippen LogP contribution in [0.2, 0.25) is 0 Å². The summed E-state index contributed by atoms with van der Waals surface area (Å²) in [7, 11) is -1.65. The number of pyridine rings is 1. The number of carbonyl (C=O) groups excluding carboxylic acids is 2. The number of Topliss-reactive ketones (excluding diaryl/α,β-unsaturated/α-hetero) is 1. The average molecular weight is 569 g/mol. The average Bonchev–Trinajstić information content (AvgIpc) is 3.19. The lowest BCUT2D eigenvalue weighted by Gasteiger charge is -2.24. The molecule has 39 heavy (non-hydrogen) atoms. The summed E-state index contributed by atoms with van der Waals surface area (Å²) in [5, 5.41) is 4.60. The molecular formula is C29H33N2O6PS. The van der Waals surface area contributed by atoms with Crippen LogP contribution in [0.3, 0.4) is 0 Å². The Labute approximate surface area is 232 Å². The van der Waals surface area contributed by atoms with Gasteiger partial charge in [-0.1, -0.05) is 18.2 Å². The molecule has 8 nitrogen and oxygen atoms in total. The highest BCUT2D eigenvalue weighted by Crippen LogP contribution is 2.48. The Bertz CT molecular complexity index is 1620. The van der Waals surface area contributed by atoms with E-state index in [9.17, 15) is 14.2 Å². The molecule has 2 heterocycles. The molecule has 1 unspecified atom stereocenters. The second-order valence-electron chi connectivity index (χ2n) is 10.4. The summed E-state index contributed by atoms with van der Waals surface area (Å²) in [6.45, 7) is 10.8. The highest BCUT2D eigenvalue weighted by molar-refractivity contribution is 7.53. The van der Waals surface area contributed by atoms with Gasteiger partial charge in [-0.3, -0.25) is 14.2 Å². The number of hydrogen-bond donors (Lipinski definition) is 1. The number of ether oxygens (including phenoxy) is 1. The summed E-state index contributed by atoms with van der Waals surface area (Å²) in [6.07, 6.45) is 0. The molecule has 206 valence electrons. The van der Waals surface area contributed by atoms with Gasteiger partial charge >= 0.3 is 7.60 Å². The number of aryl methyl sites for hydroxylation is 1. The highest BCUT2D eigenvalue weighted by atomic mass is 32.1. The number of rotatable bonds is 9. The summed E-state index contributed by atoms with van der Waals surface area (Å²) < 4.78 is 30.1. The SMILES string of the molecule is COCc1ccc(C(C)=O)c2sc(C(=O)Nc3ccc4c(COP(C)(=O)OC(C)(C)C)cccc4n3)c(C)c12. The van der Waals surface area contributed by atoms with E-state index in [1.807, 2.05) is 58.0 Å². The molecule has 0 aliphatic carbocycles. The predicted octanol–water partition coefficient (Wildman–Crippen LogP) is 7.51. The quantitative estimate of drug-likeness (QED) is 0.165. The van der Waals surface area contributed by atoms with Crippen LogP contribution in [0.4, 0.5) is 5.82 Å². The Kier molecular flexibility index (Phi) is 8.40. The summed E-state index contributed by atoms with van der Waals surface area (Å²) in [6, 6.07) is 12.8. The number of methoxy groups -OCH3 is 1. The normalized spacial score (nSPS) is 13.5. The second kappa shape index (κ2) is 11.3. The number of nitrogens with one attached hydrogen (secondary N) is 1. The van der Waals surface area contributed by atoms with Crippen molar-refractivity contribution in [3.05, 3.63) is 69.6 Å². The minimum Gasteiger partial charge on any atom is -0.380 e. The lowest BCUT2D eigenvalue weighted by molar-refractivity contribution is 0.0944. The molecule has 1 atom stereocenters. The van der Waals surface area contributed by atoms with Crippen molar-refractivity contribution in [2.24, 2.45) is 0 Å². The van der Waals surface area contributed by atoms with Gasteiger partial charge in [-0.25, -0.2) is 4.98 Å². The van der Waals surface area contributed by atoms with Crippen molar-refractivity contribution in [3.8, 4) is 0 Å². The molecule has 1 N–H and O–H groups in total. The van der Waals surface area contributed by atoms with Crippen molar-refractivity contribution < 1.29 is 27.9 Å². The third-order valence-corrected chi connectivity index (χ3v) is 8.81. The Balaban J connectivity index is 1.60. The number of ketones is 1. The third kappa shape index (κ3) is 6.62. The molecule has 0 saturated heterocycles. The zero-order valence-corrected chi connectivity index (χ0v) is 24.9. The largest absolute Gasteiger partial charge is 0.380 e. The van der Waals surface area contributed by atoms with Gasteiger partial charge in [-0.15, -0.1) is 11.3 Å². The van der Waals surface area contributed by atoms with Crippen LogP contribution in [-0.2, 0) is 31.6 Å². The maximum Gasteiger partial charge on any atom is 0.328 e. The molecule has 1 amide bonds. The summed E-state index contributed by atoms with van der Waals surface area (Å²) in [4.78, 5) is 30.8. The predicted molar refractivity (Wildman–Crippen MR) is 156 cm³/mol. The first-order valence-corrected chi connectivity index (χ1v) is 15.3. The lowest BCUT2D eigenvalue weighted by atomic mass is 10.0. The van der Waals surface area contributed by atoms with Crippen molar-refractivity contribution in [2.45, 2.75) is 53.4 Å². The van der Waals surface area contributed by atoms with E-state index in [-0.39, 0.29) is 18.3 Å². The fourth-order valence-electron chi connectivity index (χ4n) is 4.50. The number of amides is 1. The molecule has 0 saturated carbocycles. The molecule has 0 radical (unpaired) electrons. The van der Waals surface area contributed by atoms with Crippen LogP contribution < -0.4 is 5.32 Å². The smallest absolute Gasteiger partial charge is 0.328 e. The number of nitrogens with zero attached hydrogens (tertiary/aromatic N) is 1. The number of anilines is 1. The van der Waals surface area contributed by atoms with Crippen molar-refractivity contribution in [2.75, 3.05) is 19.1 Å². The van der Waals surface area contributed by atoms with Gasteiger partial charge in [-0.2, -0.15) is 0 Å².